The van der Waals surface area contributed by atoms with Gasteiger partial charge in [0, 0.05) is 5.69 Å². The maximum atomic E-state index is 5.52. The van der Waals surface area contributed by atoms with Crippen molar-refractivity contribution < 1.29 is 4.42 Å². The van der Waals surface area contributed by atoms with E-state index >= 15 is 0 Å². The predicted molar refractivity (Wildman–Crippen MR) is 76.6 cm³/mol. The fourth-order valence-corrected chi connectivity index (χ4v) is 1.76. The molecule has 20 heavy (non-hydrogen) atoms. The van der Waals surface area contributed by atoms with E-state index in [0.717, 1.165) is 28.2 Å². The quantitative estimate of drug-likeness (QED) is 0.583. The van der Waals surface area contributed by atoms with Gasteiger partial charge in [-0.2, -0.15) is 10.1 Å². The molecular formula is C14H13N5O. The van der Waals surface area contributed by atoms with E-state index in [4.69, 9.17) is 4.42 Å². The summed E-state index contributed by atoms with van der Waals surface area (Å²) in [5.41, 5.74) is 6.71. The second kappa shape index (κ2) is 5.08. The van der Waals surface area contributed by atoms with E-state index < -0.39 is 0 Å². The van der Waals surface area contributed by atoms with Gasteiger partial charge in [0.25, 0.3) is 0 Å². The molecule has 0 saturated heterocycles. The van der Waals surface area contributed by atoms with Crippen LogP contribution in [0.1, 0.15) is 18.3 Å². The zero-order valence-corrected chi connectivity index (χ0v) is 11.2. The number of aromatic nitrogens is 3. The molecule has 6 nitrogen and oxygen atoms in total. The van der Waals surface area contributed by atoms with Crippen LogP contribution in [0.3, 0.4) is 0 Å². The van der Waals surface area contributed by atoms with Crippen LogP contribution in [-0.2, 0) is 0 Å². The molecule has 1 aromatic carbocycles. The summed E-state index contributed by atoms with van der Waals surface area (Å²) in [6, 6.07) is 9.78. The normalized spacial score (nSPS) is 11.8. The second-order valence-electron chi connectivity index (χ2n) is 4.34. The molecule has 100 valence electrons. The summed E-state index contributed by atoms with van der Waals surface area (Å²) in [7, 11) is 0. The second-order valence-corrected chi connectivity index (χ2v) is 4.34. The average molecular weight is 267 g/mol. The number of fused-ring (bicyclic) bond motifs is 1. The Morgan fingerprint density at radius 1 is 1.25 bits per heavy atom. The number of aryl methyl sites for hydroxylation is 1. The zero-order chi connectivity index (χ0) is 13.9. The van der Waals surface area contributed by atoms with Gasteiger partial charge in [-0.25, -0.2) is 15.4 Å². The lowest BCUT2D eigenvalue weighted by molar-refractivity contribution is 0.617. The third-order valence-corrected chi connectivity index (χ3v) is 2.79. The first-order chi connectivity index (χ1) is 9.72. The number of oxazole rings is 1. The molecule has 3 rings (SSSR count). The van der Waals surface area contributed by atoms with Gasteiger partial charge in [0.2, 0.25) is 0 Å². The van der Waals surface area contributed by atoms with Crippen molar-refractivity contribution in [1.82, 2.24) is 15.0 Å². The Kier molecular flexibility index (Phi) is 3.12. The van der Waals surface area contributed by atoms with Gasteiger partial charge in [0.15, 0.2) is 5.58 Å². The summed E-state index contributed by atoms with van der Waals surface area (Å²) < 4.78 is 5.52. The third kappa shape index (κ3) is 2.49. The van der Waals surface area contributed by atoms with Gasteiger partial charge in [0.1, 0.15) is 11.8 Å². The van der Waals surface area contributed by atoms with E-state index in [1.54, 1.807) is 0 Å². The largest absolute Gasteiger partial charge is 0.422 e. The first-order valence-corrected chi connectivity index (χ1v) is 6.17. The maximum Gasteiger partial charge on any atom is 0.316 e. The van der Waals surface area contributed by atoms with Crippen LogP contribution in [0.4, 0.5) is 6.01 Å². The minimum atomic E-state index is 0.358. The number of rotatable bonds is 3. The molecule has 1 N–H and O–H groups in total. The van der Waals surface area contributed by atoms with Crippen LogP contribution in [0.2, 0.25) is 0 Å². The minimum Gasteiger partial charge on any atom is -0.422 e. The van der Waals surface area contributed by atoms with Crippen LogP contribution in [0.15, 0.2) is 46.2 Å². The molecule has 6 heteroatoms. The van der Waals surface area contributed by atoms with Crippen LogP contribution < -0.4 is 5.43 Å². The van der Waals surface area contributed by atoms with E-state index in [-0.39, 0.29) is 0 Å². The SMILES string of the molecule is C/C(=N\Nc1nc2ccccc2o1)c1cc(C)ncn1. The monoisotopic (exact) mass is 267 g/mol. The summed E-state index contributed by atoms with van der Waals surface area (Å²) in [5, 5.41) is 4.22. The van der Waals surface area contributed by atoms with Crippen molar-refractivity contribution >= 4 is 22.8 Å². The van der Waals surface area contributed by atoms with Crippen LogP contribution in [0.5, 0.6) is 0 Å². The van der Waals surface area contributed by atoms with Gasteiger partial charge in [-0.1, -0.05) is 12.1 Å². The maximum absolute atomic E-state index is 5.52. The highest BCUT2D eigenvalue weighted by Crippen LogP contribution is 2.17. The Morgan fingerprint density at radius 3 is 2.90 bits per heavy atom. The van der Waals surface area contributed by atoms with Crippen LogP contribution in [-0.4, -0.2) is 20.7 Å². The molecule has 0 aliphatic carbocycles. The highest BCUT2D eigenvalue weighted by Gasteiger charge is 2.04. The lowest BCUT2D eigenvalue weighted by Gasteiger charge is -2.00. The summed E-state index contributed by atoms with van der Waals surface area (Å²) in [6.07, 6.45) is 1.52. The van der Waals surface area contributed by atoms with Crippen LogP contribution in [0, 0.1) is 6.92 Å². The van der Waals surface area contributed by atoms with Crippen molar-refractivity contribution in [2.45, 2.75) is 13.8 Å². The van der Waals surface area contributed by atoms with Gasteiger partial charge in [0.05, 0.1) is 11.4 Å². The summed E-state index contributed by atoms with van der Waals surface area (Å²) in [5.74, 6) is 0. The Hall–Kier alpha value is -2.76. The molecule has 0 spiro atoms. The molecule has 0 atom stereocenters. The Labute approximate surface area is 115 Å². The molecule has 0 fully saturated rings. The van der Waals surface area contributed by atoms with Gasteiger partial charge in [-0.15, -0.1) is 0 Å². The molecule has 2 aromatic heterocycles. The highest BCUT2D eigenvalue weighted by molar-refractivity contribution is 5.97. The Balaban J connectivity index is 1.82. The third-order valence-electron chi connectivity index (χ3n) is 2.79. The van der Waals surface area contributed by atoms with E-state index in [1.807, 2.05) is 44.2 Å². The van der Waals surface area contributed by atoms with Gasteiger partial charge in [-0.05, 0) is 32.0 Å². The zero-order valence-electron chi connectivity index (χ0n) is 11.2. The predicted octanol–water partition coefficient (Wildman–Crippen LogP) is 2.76. The number of nitrogens with zero attached hydrogens (tertiary/aromatic N) is 4. The van der Waals surface area contributed by atoms with Crippen LogP contribution >= 0.6 is 0 Å². The summed E-state index contributed by atoms with van der Waals surface area (Å²) >= 11 is 0. The fourth-order valence-electron chi connectivity index (χ4n) is 1.76. The number of hydrogen-bond acceptors (Lipinski definition) is 6. The van der Waals surface area contributed by atoms with Crippen molar-refractivity contribution in [3.8, 4) is 0 Å². The number of hydrogen-bond donors (Lipinski definition) is 1. The van der Waals surface area contributed by atoms with Crippen LogP contribution in [0.25, 0.3) is 11.1 Å². The number of hydrazone groups is 1. The molecule has 0 unspecified atom stereocenters. The fraction of sp³-hybridized carbons (Fsp3) is 0.143. The Bertz CT molecular complexity index is 745. The first-order valence-electron chi connectivity index (χ1n) is 6.17. The van der Waals surface area contributed by atoms with Crippen molar-refractivity contribution in [3.05, 3.63) is 48.0 Å². The summed E-state index contributed by atoms with van der Waals surface area (Å²) in [6.45, 7) is 3.77. The van der Waals surface area contributed by atoms with Gasteiger partial charge in [-0.3, -0.25) is 0 Å². The molecule has 0 bridgehead atoms. The molecule has 0 amide bonds. The van der Waals surface area contributed by atoms with Gasteiger partial charge >= 0.3 is 6.01 Å². The lowest BCUT2D eigenvalue weighted by atomic mass is 10.2. The smallest absolute Gasteiger partial charge is 0.316 e. The van der Waals surface area contributed by atoms with Gasteiger partial charge < -0.3 is 4.42 Å². The number of para-hydroxylation sites is 2. The molecule has 0 aliphatic rings. The van der Waals surface area contributed by atoms with Crippen molar-refractivity contribution in [2.24, 2.45) is 5.10 Å². The minimum absolute atomic E-state index is 0.358. The van der Waals surface area contributed by atoms with Crippen molar-refractivity contribution in [1.29, 1.82) is 0 Å². The van der Waals surface area contributed by atoms with E-state index in [0.29, 0.717) is 6.01 Å². The first kappa shape index (κ1) is 12.3. The molecule has 2 heterocycles. The molecule has 3 aromatic rings. The van der Waals surface area contributed by atoms with E-state index in [1.165, 1.54) is 6.33 Å². The van der Waals surface area contributed by atoms with E-state index in [9.17, 15) is 0 Å². The topological polar surface area (TPSA) is 76.2 Å². The summed E-state index contributed by atoms with van der Waals surface area (Å²) in [4.78, 5) is 12.5. The van der Waals surface area contributed by atoms with Crippen molar-refractivity contribution in [3.63, 3.8) is 0 Å². The number of anilines is 1. The van der Waals surface area contributed by atoms with Crippen molar-refractivity contribution in [2.75, 3.05) is 5.43 Å². The number of benzene rings is 1. The highest BCUT2D eigenvalue weighted by atomic mass is 16.4. The lowest BCUT2D eigenvalue weighted by Crippen LogP contribution is -2.03. The standard InChI is InChI=1S/C14H13N5O/c1-9-7-12(16-8-15-9)10(2)18-19-14-17-11-5-3-4-6-13(11)20-14/h3-8H,1-2H3,(H,17,19)/b18-10+. The average Bonchev–Trinajstić information content (AvgIpc) is 2.87. The Morgan fingerprint density at radius 2 is 2.10 bits per heavy atom. The molecule has 0 radical (unpaired) electrons. The molecule has 0 aliphatic heterocycles. The number of nitrogens with one attached hydrogen (secondary N) is 1. The molecule has 0 saturated carbocycles. The molecular weight excluding hydrogens is 254 g/mol. The van der Waals surface area contributed by atoms with E-state index in [2.05, 4.69) is 25.5 Å².